The maximum absolute atomic E-state index is 13.0. The predicted molar refractivity (Wildman–Crippen MR) is 124 cm³/mol. The molecule has 31 heavy (non-hydrogen) atoms. The number of hydrogen-bond acceptors (Lipinski definition) is 4. The fourth-order valence-electron chi connectivity index (χ4n) is 4.00. The highest BCUT2D eigenvalue weighted by Crippen LogP contribution is 2.30. The first-order valence-corrected chi connectivity index (χ1v) is 12.1. The Kier molecular flexibility index (Phi) is 6.31. The van der Waals surface area contributed by atoms with E-state index in [9.17, 15) is 8.42 Å². The molecule has 0 aliphatic carbocycles. The molecule has 0 bridgehead atoms. The Labute approximate surface area is 188 Å². The normalized spacial score (nSPS) is 19.9. The molecule has 2 aromatic carbocycles. The summed E-state index contributed by atoms with van der Waals surface area (Å²) in [4.78, 5) is 0. The average Bonchev–Trinajstić information content (AvgIpc) is 3.25. The van der Waals surface area contributed by atoms with Crippen molar-refractivity contribution in [1.82, 2.24) is 13.6 Å². The van der Waals surface area contributed by atoms with Crippen LogP contribution in [0.1, 0.15) is 36.3 Å². The van der Waals surface area contributed by atoms with Gasteiger partial charge in [0.25, 0.3) is 0 Å². The number of benzene rings is 2. The van der Waals surface area contributed by atoms with Gasteiger partial charge in [0.2, 0.25) is 5.96 Å². The number of hydrogen-bond donors (Lipinski definition) is 1. The highest BCUT2D eigenvalue weighted by molar-refractivity contribution is 7.87. The van der Waals surface area contributed by atoms with Crippen LogP contribution in [0.2, 0.25) is 5.02 Å². The van der Waals surface area contributed by atoms with E-state index in [-0.39, 0.29) is 11.9 Å². The molecule has 1 N–H and O–H groups in total. The molecule has 0 aromatic heterocycles. The lowest BCUT2D eigenvalue weighted by Gasteiger charge is -2.32. The number of halogens is 1. The Bertz CT molecular complexity index is 1070. The van der Waals surface area contributed by atoms with Gasteiger partial charge in [0.05, 0.1) is 12.3 Å². The van der Waals surface area contributed by atoms with Gasteiger partial charge in [0, 0.05) is 31.1 Å². The van der Waals surface area contributed by atoms with Crippen LogP contribution in [0.4, 0.5) is 0 Å². The van der Waals surface area contributed by atoms with Crippen LogP contribution >= 0.6 is 11.6 Å². The first-order chi connectivity index (χ1) is 14.9. The summed E-state index contributed by atoms with van der Waals surface area (Å²) >= 11 is 6.05. The molecule has 2 heterocycles. The molecule has 1 fully saturated rings. The monoisotopic (exact) mass is 459 g/mol. The van der Waals surface area contributed by atoms with Gasteiger partial charge in [0.15, 0.2) is 0 Å². The van der Waals surface area contributed by atoms with Crippen LogP contribution in [0.25, 0.3) is 0 Å². The molecule has 0 saturated carbocycles. The molecule has 2 aliphatic rings. The van der Waals surface area contributed by atoms with Crippen molar-refractivity contribution < 1.29 is 8.42 Å². The molecular formula is C22H26ClN5O2S. The number of rotatable bonds is 4. The largest absolute Gasteiger partial charge is 0.306 e. The Morgan fingerprint density at radius 2 is 1.71 bits per heavy atom. The van der Waals surface area contributed by atoms with Gasteiger partial charge in [-0.1, -0.05) is 60.5 Å². The highest BCUT2D eigenvalue weighted by Gasteiger charge is 2.36. The summed E-state index contributed by atoms with van der Waals surface area (Å²) in [6.07, 6.45) is 2.73. The zero-order chi connectivity index (χ0) is 22.0. The van der Waals surface area contributed by atoms with Gasteiger partial charge in [-0.2, -0.15) is 17.8 Å². The van der Waals surface area contributed by atoms with Crippen molar-refractivity contribution in [2.24, 2.45) is 5.10 Å². The third-order valence-electron chi connectivity index (χ3n) is 5.79. The fourth-order valence-corrected chi connectivity index (χ4v) is 5.51. The molecule has 164 valence electrons. The summed E-state index contributed by atoms with van der Waals surface area (Å²) in [6, 6.07) is 17.4. The summed E-state index contributed by atoms with van der Waals surface area (Å²) in [5.74, 6) is -0.246. The van der Waals surface area contributed by atoms with Crippen LogP contribution in [0.15, 0.2) is 59.7 Å². The summed E-state index contributed by atoms with van der Waals surface area (Å²) in [7, 11) is -2.32. The molecule has 1 saturated heterocycles. The lowest BCUT2D eigenvalue weighted by molar-refractivity contribution is 0.324. The van der Waals surface area contributed by atoms with Crippen LogP contribution in [0.5, 0.6) is 0 Å². The minimum atomic E-state index is -3.75. The van der Waals surface area contributed by atoms with E-state index in [1.165, 1.54) is 16.4 Å². The Morgan fingerprint density at radius 1 is 1.06 bits per heavy atom. The van der Waals surface area contributed by atoms with Gasteiger partial charge in [-0.25, -0.2) is 9.31 Å². The fraction of sp³-hybridized carbons (Fsp3) is 0.364. The summed E-state index contributed by atoms with van der Waals surface area (Å²) < 4.78 is 28.6. The van der Waals surface area contributed by atoms with E-state index in [1.54, 1.807) is 0 Å². The lowest BCUT2D eigenvalue weighted by atomic mass is 9.91. The molecule has 0 unspecified atom stereocenters. The van der Waals surface area contributed by atoms with Gasteiger partial charge in [-0.3, -0.25) is 5.41 Å². The summed E-state index contributed by atoms with van der Waals surface area (Å²) in [5.41, 5.74) is 2.75. The van der Waals surface area contributed by atoms with E-state index in [2.05, 4.69) is 5.10 Å². The van der Waals surface area contributed by atoms with E-state index >= 15 is 0 Å². The van der Waals surface area contributed by atoms with Crippen LogP contribution < -0.4 is 0 Å². The number of nitrogens with one attached hydrogen (secondary N) is 1. The van der Waals surface area contributed by atoms with Crippen LogP contribution in [-0.2, 0) is 10.2 Å². The lowest BCUT2D eigenvalue weighted by Crippen LogP contribution is -2.50. The molecule has 2 aromatic rings. The summed E-state index contributed by atoms with van der Waals surface area (Å²) in [5, 5.41) is 15.4. The van der Waals surface area contributed by atoms with E-state index in [1.807, 2.05) is 54.6 Å². The molecule has 4 rings (SSSR count). The average molecular weight is 460 g/mol. The van der Waals surface area contributed by atoms with E-state index in [0.29, 0.717) is 24.7 Å². The second kappa shape index (κ2) is 8.98. The van der Waals surface area contributed by atoms with E-state index in [4.69, 9.17) is 17.0 Å². The number of guanidine groups is 1. The molecular weight excluding hydrogens is 434 g/mol. The topological polar surface area (TPSA) is 80.1 Å². The van der Waals surface area contributed by atoms with Crippen molar-refractivity contribution in [3.05, 3.63) is 70.7 Å². The molecule has 0 amide bonds. The SMILES string of the molecule is CN(C(=N)N1C[C@H](c2ccccc2)C(c2ccc(Cl)cc2)=N1)S(=O)(=O)N1CCCCC1. The highest BCUT2D eigenvalue weighted by atomic mass is 35.5. The smallest absolute Gasteiger partial charge is 0.267 e. The van der Waals surface area contributed by atoms with Crippen molar-refractivity contribution >= 4 is 33.5 Å². The van der Waals surface area contributed by atoms with Gasteiger partial charge in [0.1, 0.15) is 0 Å². The first-order valence-electron chi connectivity index (χ1n) is 10.4. The van der Waals surface area contributed by atoms with Gasteiger partial charge in [-0.05, 0) is 36.1 Å². The third-order valence-corrected chi connectivity index (χ3v) is 7.92. The minimum Gasteiger partial charge on any atom is -0.267 e. The molecule has 9 heteroatoms. The second-order valence-electron chi connectivity index (χ2n) is 7.80. The minimum absolute atomic E-state index is 0.0891. The number of piperidine rings is 1. The molecule has 7 nitrogen and oxygen atoms in total. The van der Waals surface area contributed by atoms with Crippen molar-refractivity contribution in [3.63, 3.8) is 0 Å². The van der Waals surface area contributed by atoms with Crippen LogP contribution in [0, 0.1) is 5.41 Å². The van der Waals surface area contributed by atoms with Crippen molar-refractivity contribution in [1.29, 1.82) is 5.41 Å². The Morgan fingerprint density at radius 3 is 2.35 bits per heavy atom. The van der Waals surface area contributed by atoms with Crippen molar-refractivity contribution in [2.45, 2.75) is 25.2 Å². The third kappa shape index (κ3) is 4.46. The molecule has 1 atom stereocenters. The van der Waals surface area contributed by atoms with Gasteiger partial charge >= 0.3 is 10.2 Å². The Balaban J connectivity index is 1.63. The van der Waals surface area contributed by atoms with Crippen molar-refractivity contribution in [3.8, 4) is 0 Å². The number of nitrogens with zero attached hydrogens (tertiary/aromatic N) is 4. The first kappa shape index (κ1) is 21.8. The maximum atomic E-state index is 13.0. The summed E-state index contributed by atoms with van der Waals surface area (Å²) in [6.45, 7) is 1.37. The van der Waals surface area contributed by atoms with Crippen LogP contribution in [-0.4, -0.2) is 60.4 Å². The van der Waals surface area contributed by atoms with E-state index < -0.39 is 10.2 Å². The standard InChI is InChI=1S/C22H26ClN5O2S/c1-26(31(29,30)27-14-6-3-7-15-27)22(24)28-16-20(17-8-4-2-5-9-17)21(25-28)18-10-12-19(23)13-11-18/h2,4-5,8-13,20,24H,3,6-7,14-16H2,1H3/t20-/m1/s1. The predicted octanol–water partition coefficient (Wildman–Crippen LogP) is 3.74. The quantitative estimate of drug-likeness (QED) is 0.558. The van der Waals surface area contributed by atoms with Crippen molar-refractivity contribution in [2.75, 3.05) is 26.7 Å². The molecule has 0 radical (unpaired) electrons. The van der Waals surface area contributed by atoms with Gasteiger partial charge in [-0.15, -0.1) is 0 Å². The van der Waals surface area contributed by atoms with Crippen LogP contribution in [0.3, 0.4) is 0 Å². The molecule has 0 spiro atoms. The zero-order valence-electron chi connectivity index (χ0n) is 17.4. The number of hydrazone groups is 1. The second-order valence-corrected chi connectivity index (χ2v) is 10.2. The van der Waals surface area contributed by atoms with Gasteiger partial charge < -0.3 is 0 Å². The Hall–Kier alpha value is -2.42. The maximum Gasteiger partial charge on any atom is 0.306 e. The molecule has 2 aliphatic heterocycles. The zero-order valence-corrected chi connectivity index (χ0v) is 19.0. The van der Waals surface area contributed by atoms with E-state index in [0.717, 1.165) is 40.4 Å².